The molecule has 1 atom stereocenters. The summed E-state index contributed by atoms with van der Waals surface area (Å²) in [4.78, 5) is 27.3. The first kappa shape index (κ1) is 18.8. The Bertz CT molecular complexity index is 1030. The molecule has 5 nitrogen and oxygen atoms in total. The molecule has 0 fully saturated rings. The van der Waals surface area contributed by atoms with Crippen LogP contribution in [0, 0.1) is 5.82 Å². The Kier molecular flexibility index (Phi) is 5.35. The second-order valence-electron chi connectivity index (χ2n) is 6.57. The van der Waals surface area contributed by atoms with E-state index in [0.29, 0.717) is 17.3 Å². The maximum absolute atomic E-state index is 13.2. The molecular formula is C21H22FN3O2. The van der Waals surface area contributed by atoms with E-state index < -0.39 is 0 Å². The van der Waals surface area contributed by atoms with E-state index in [-0.39, 0.29) is 29.0 Å². The van der Waals surface area contributed by atoms with E-state index in [2.05, 4.69) is 5.10 Å². The Morgan fingerprint density at radius 3 is 2.41 bits per heavy atom. The van der Waals surface area contributed by atoms with Crippen molar-refractivity contribution >= 4 is 16.7 Å². The zero-order chi connectivity index (χ0) is 19.6. The quantitative estimate of drug-likeness (QED) is 0.690. The van der Waals surface area contributed by atoms with Crippen molar-refractivity contribution in [3.8, 4) is 0 Å². The Hall–Kier alpha value is -3.02. The van der Waals surface area contributed by atoms with Gasteiger partial charge in [0.25, 0.3) is 11.5 Å². The molecule has 0 saturated heterocycles. The molecule has 2 aromatic carbocycles. The van der Waals surface area contributed by atoms with Crippen LogP contribution in [-0.4, -0.2) is 27.6 Å². The molecule has 27 heavy (non-hydrogen) atoms. The molecule has 140 valence electrons. The number of fused-ring (bicyclic) bond motifs is 1. The first-order valence-corrected chi connectivity index (χ1v) is 8.96. The van der Waals surface area contributed by atoms with Gasteiger partial charge in [-0.25, -0.2) is 9.07 Å². The van der Waals surface area contributed by atoms with Gasteiger partial charge in [-0.05, 0) is 37.1 Å². The predicted octanol–water partition coefficient (Wildman–Crippen LogP) is 3.78. The zero-order valence-corrected chi connectivity index (χ0v) is 15.6. The largest absolute Gasteiger partial charge is 0.334 e. The van der Waals surface area contributed by atoms with Gasteiger partial charge in [0.05, 0.1) is 11.4 Å². The molecule has 0 N–H and O–H groups in total. The van der Waals surface area contributed by atoms with Crippen LogP contribution in [0.5, 0.6) is 0 Å². The number of rotatable bonds is 5. The lowest BCUT2D eigenvalue weighted by Crippen LogP contribution is -2.33. The van der Waals surface area contributed by atoms with Gasteiger partial charge >= 0.3 is 0 Å². The van der Waals surface area contributed by atoms with Gasteiger partial charge in [0, 0.05) is 19.0 Å². The molecule has 0 aliphatic heterocycles. The van der Waals surface area contributed by atoms with Crippen molar-refractivity contribution in [2.24, 2.45) is 0 Å². The molecule has 1 heterocycles. The monoisotopic (exact) mass is 367 g/mol. The number of amides is 1. The van der Waals surface area contributed by atoms with Crippen LogP contribution in [0.4, 0.5) is 4.39 Å². The number of aromatic nitrogens is 2. The van der Waals surface area contributed by atoms with Crippen LogP contribution < -0.4 is 5.56 Å². The summed E-state index contributed by atoms with van der Waals surface area (Å²) < 4.78 is 14.5. The van der Waals surface area contributed by atoms with Crippen molar-refractivity contribution in [1.82, 2.24) is 14.7 Å². The second kappa shape index (κ2) is 7.70. The number of carbonyl (C=O) groups excluding carboxylic acids is 1. The van der Waals surface area contributed by atoms with E-state index in [1.807, 2.05) is 13.8 Å². The van der Waals surface area contributed by atoms with E-state index in [1.54, 1.807) is 48.3 Å². The van der Waals surface area contributed by atoms with Gasteiger partial charge in [-0.1, -0.05) is 37.3 Å². The first-order valence-electron chi connectivity index (χ1n) is 8.96. The lowest BCUT2D eigenvalue weighted by atomic mass is 10.1. The smallest absolute Gasteiger partial charge is 0.275 e. The van der Waals surface area contributed by atoms with Gasteiger partial charge in [-0.15, -0.1) is 0 Å². The van der Waals surface area contributed by atoms with Gasteiger partial charge in [0.15, 0.2) is 5.69 Å². The van der Waals surface area contributed by atoms with Crippen LogP contribution in [0.25, 0.3) is 10.8 Å². The standard InChI is InChI=1S/C21H22FN3O2/c1-4-13-25-20(26)18-8-6-5-7-17(18)19(23-25)21(27)24(3)14(2)15-9-11-16(22)12-10-15/h5-12,14H,4,13H2,1-3H3. The molecule has 1 unspecified atom stereocenters. The fraction of sp³-hybridized carbons (Fsp3) is 0.286. The molecule has 0 aliphatic carbocycles. The lowest BCUT2D eigenvalue weighted by molar-refractivity contribution is 0.0736. The number of carbonyl (C=O) groups is 1. The minimum absolute atomic E-state index is 0.196. The maximum atomic E-state index is 13.2. The summed E-state index contributed by atoms with van der Waals surface area (Å²) in [6, 6.07) is 12.8. The summed E-state index contributed by atoms with van der Waals surface area (Å²) in [5.41, 5.74) is 0.867. The normalized spacial score (nSPS) is 12.1. The molecule has 6 heteroatoms. The molecule has 0 radical (unpaired) electrons. The average molecular weight is 367 g/mol. The molecule has 0 bridgehead atoms. The van der Waals surface area contributed by atoms with Crippen molar-refractivity contribution in [3.05, 3.63) is 76.0 Å². The highest BCUT2D eigenvalue weighted by Gasteiger charge is 2.23. The molecule has 0 aliphatic rings. The van der Waals surface area contributed by atoms with Crippen molar-refractivity contribution in [2.45, 2.75) is 32.9 Å². The summed E-state index contributed by atoms with van der Waals surface area (Å²) >= 11 is 0. The van der Waals surface area contributed by atoms with E-state index in [1.165, 1.54) is 16.8 Å². The summed E-state index contributed by atoms with van der Waals surface area (Å²) in [5, 5.41) is 5.37. The van der Waals surface area contributed by atoms with Crippen LogP contribution in [0.3, 0.4) is 0 Å². The molecule has 0 spiro atoms. The fourth-order valence-corrected chi connectivity index (χ4v) is 3.06. The molecule has 3 rings (SSSR count). The SMILES string of the molecule is CCCn1nc(C(=O)N(C)C(C)c2ccc(F)cc2)c2ccccc2c1=O. The topological polar surface area (TPSA) is 55.2 Å². The van der Waals surface area contributed by atoms with Crippen LogP contribution in [0.2, 0.25) is 0 Å². The highest BCUT2D eigenvalue weighted by molar-refractivity contribution is 6.04. The highest BCUT2D eigenvalue weighted by atomic mass is 19.1. The predicted molar refractivity (Wildman–Crippen MR) is 103 cm³/mol. The fourth-order valence-electron chi connectivity index (χ4n) is 3.06. The molecule has 3 aromatic rings. The first-order chi connectivity index (χ1) is 12.9. The van der Waals surface area contributed by atoms with E-state index in [9.17, 15) is 14.0 Å². The Morgan fingerprint density at radius 2 is 1.78 bits per heavy atom. The third-order valence-corrected chi connectivity index (χ3v) is 4.76. The highest BCUT2D eigenvalue weighted by Crippen LogP contribution is 2.23. The Labute approximate surface area is 157 Å². The third-order valence-electron chi connectivity index (χ3n) is 4.76. The second-order valence-corrected chi connectivity index (χ2v) is 6.57. The maximum Gasteiger partial charge on any atom is 0.275 e. The molecule has 1 amide bonds. The van der Waals surface area contributed by atoms with Gasteiger partial charge < -0.3 is 4.90 Å². The number of nitrogens with zero attached hydrogens (tertiary/aromatic N) is 3. The van der Waals surface area contributed by atoms with Crippen LogP contribution in [0.15, 0.2) is 53.3 Å². The zero-order valence-electron chi connectivity index (χ0n) is 15.6. The van der Waals surface area contributed by atoms with Gasteiger partial charge in [-0.3, -0.25) is 9.59 Å². The minimum Gasteiger partial charge on any atom is -0.334 e. The van der Waals surface area contributed by atoms with E-state index in [0.717, 1.165) is 12.0 Å². The van der Waals surface area contributed by atoms with Crippen molar-refractivity contribution in [3.63, 3.8) is 0 Å². The molecule has 1 aromatic heterocycles. The van der Waals surface area contributed by atoms with E-state index >= 15 is 0 Å². The third kappa shape index (κ3) is 3.60. The number of hydrogen-bond donors (Lipinski definition) is 0. The number of halogens is 1. The van der Waals surface area contributed by atoms with Crippen molar-refractivity contribution in [2.75, 3.05) is 7.05 Å². The summed E-state index contributed by atoms with van der Waals surface area (Å²) in [6.45, 7) is 4.27. The van der Waals surface area contributed by atoms with Gasteiger partial charge in [0.2, 0.25) is 0 Å². The van der Waals surface area contributed by atoms with Gasteiger partial charge in [0.1, 0.15) is 5.82 Å². The lowest BCUT2D eigenvalue weighted by Gasteiger charge is -2.25. The minimum atomic E-state index is -0.320. The summed E-state index contributed by atoms with van der Waals surface area (Å²) in [5.74, 6) is -0.605. The molecular weight excluding hydrogens is 345 g/mol. The summed E-state index contributed by atoms with van der Waals surface area (Å²) in [6.07, 6.45) is 0.737. The molecule has 0 saturated carbocycles. The average Bonchev–Trinajstić information content (AvgIpc) is 2.69. The van der Waals surface area contributed by atoms with Crippen LogP contribution in [0.1, 0.15) is 42.4 Å². The summed E-state index contributed by atoms with van der Waals surface area (Å²) in [7, 11) is 1.68. The van der Waals surface area contributed by atoms with Gasteiger partial charge in [-0.2, -0.15) is 5.10 Å². The van der Waals surface area contributed by atoms with Crippen molar-refractivity contribution in [1.29, 1.82) is 0 Å². The van der Waals surface area contributed by atoms with Crippen molar-refractivity contribution < 1.29 is 9.18 Å². The van der Waals surface area contributed by atoms with Crippen LogP contribution in [-0.2, 0) is 6.54 Å². The van der Waals surface area contributed by atoms with E-state index in [4.69, 9.17) is 0 Å². The van der Waals surface area contributed by atoms with Crippen LogP contribution >= 0.6 is 0 Å². The Morgan fingerprint density at radius 1 is 1.15 bits per heavy atom. The number of hydrogen-bond acceptors (Lipinski definition) is 3. The number of benzene rings is 2. The Balaban J connectivity index is 2.05. The number of aryl methyl sites for hydroxylation is 1.